The fourth-order valence-electron chi connectivity index (χ4n) is 3.82. The monoisotopic (exact) mass is 308 g/mol. The summed E-state index contributed by atoms with van der Waals surface area (Å²) in [6.07, 6.45) is 8.23. The van der Waals surface area contributed by atoms with E-state index in [0.717, 1.165) is 29.4 Å². The lowest BCUT2D eigenvalue weighted by molar-refractivity contribution is 0.226. The van der Waals surface area contributed by atoms with Crippen molar-refractivity contribution in [2.24, 2.45) is 11.1 Å². The molecule has 20 heavy (non-hydrogen) atoms. The lowest BCUT2D eigenvalue weighted by Crippen LogP contribution is -2.39. The van der Waals surface area contributed by atoms with E-state index in [2.05, 4.69) is 4.90 Å². The summed E-state index contributed by atoms with van der Waals surface area (Å²) in [6.45, 7) is 2.19. The Labute approximate surface area is 131 Å². The molecule has 2 fully saturated rings. The van der Waals surface area contributed by atoms with Gasteiger partial charge in [0.25, 0.3) is 0 Å². The van der Waals surface area contributed by atoms with Gasteiger partial charge in [-0.3, -0.25) is 0 Å². The topological polar surface area (TPSA) is 29.3 Å². The van der Waals surface area contributed by atoms with Crippen molar-refractivity contribution in [3.63, 3.8) is 0 Å². The minimum atomic E-state index is 0.456. The SMILES string of the molecule is NC(=S)c1ccc(Cl)cc1N1CCC2(CCCC2)CC1. The van der Waals surface area contributed by atoms with E-state index in [-0.39, 0.29) is 0 Å². The number of nitrogens with zero attached hydrogens (tertiary/aromatic N) is 1. The van der Waals surface area contributed by atoms with Crippen LogP contribution in [0.1, 0.15) is 44.1 Å². The Morgan fingerprint density at radius 2 is 1.80 bits per heavy atom. The summed E-state index contributed by atoms with van der Waals surface area (Å²) < 4.78 is 0. The van der Waals surface area contributed by atoms with Gasteiger partial charge >= 0.3 is 0 Å². The number of hydrogen-bond donors (Lipinski definition) is 1. The average Bonchev–Trinajstić information content (AvgIpc) is 2.87. The maximum Gasteiger partial charge on any atom is 0.106 e. The molecule has 2 N–H and O–H groups in total. The number of rotatable bonds is 2. The van der Waals surface area contributed by atoms with Crippen molar-refractivity contribution in [3.8, 4) is 0 Å². The molecule has 1 saturated carbocycles. The number of halogens is 1. The Bertz CT molecular complexity index is 513. The molecule has 1 aromatic rings. The molecule has 4 heteroatoms. The zero-order valence-corrected chi connectivity index (χ0v) is 13.3. The van der Waals surface area contributed by atoms with Gasteiger partial charge < -0.3 is 10.6 Å². The number of hydrogen-bond acceptors (Lipinski definition) is 2. The summed E-state index contributed by atoms with van der Waals surface area (Å²) in [7, 11) is 0. The Morgan fingerprint density at radius 1 is 1.15 bits per heavy atom. The fraction of sp³-hybridized carbons (Fsp3) is 0.562. The summed E-state index contributed by atoms with van der Waals surface area (Å²) in [4.78, 5) is 2.86. The molecule has 1 aliphatic carbocycles. The van der Waals surface area contributed by atoms with Crippen LogP contribution in [-0.2, 0) is 0 Å². The van der Waals surface area contributed by atoms with E-state index in [4.69, 9.17) is 29.6 Å². The maximum absolute atomic E-state index is 6.15. The van der Waals surface area contributed by atoms with Gasteiger partial charge in [-0.05, 0) is 49.3 Å². The van der Waals surface area contributed by atoms with Crippen LogP contribution in [0.15, 0.2) is 18.2 Å². The zero-order valence-electron chi connectivity index (χ0n) is 11.7. The molecule has 1 saturated heterocycles. The van der Waals surface area contributed by atoms with Crippen LogP contribution in [0.4, 0.5) is 5.69 Å². The Hall–Kier alpha value is -0.800. The van der Waals surface area contributed by atoms with Crippen LogP contribution >= 0.6 is 23.8 Å². The second-order valence-electron chi connectivity index (χ2n) is 6.22. The first-order chi connectivity index (χ1) is 9.60. The first-order valence-corrected chi connectivity index (χ1v) is 8.23. The van der Waals surface area contributed by atoms with Crippen LogP contribution in [0, 0.1) is 5.41 Å². The van der Waals surface area contributed by atoms with Crippen LogP contribution in [0.3, 0.4) is 0 Å². The van der Waals surface area contributed by atoms with Gasteiger partial charge in [-0.25, -0.2) is 0 Å². The number of nitrogens with two attached hydrogens (primary N) is 1. The number of piperidine rings is 1. The predicted octanol–water partition coefficient (Wildman–Crippen LogP) is 4.13. The lowest BCUT2D eigenvalue weighted by Gasteiger charge is -2.41. The van der Waals surface area contributed by atoms with Crippen LogP contribution in [0.25, 0.3) is 0 Å². The van der Waals surface area contributed by atoms with Crippen molar-refractivity contribution >= 4 is 34.5 Å². The van der Waals surface area contributed by atoms with Gasteiger partial charge in [0.2, 0.25) is 0 Å². The zero-order chi connectivity index (χ0) is 14.2. The Kier molecular flexibility index (Phi) is 3.91. The third-order valence-electron chi connectivity index (χ3n) is 5.05. The normalized spacial score (nSPS) is 21.4. The van der Waals surface area contributed by atoms with Crippen molar-refractivity contribution in [2.45, 2.75) is 38.5 Å². The van der Waals surface area contributed by atoms with Crippen LogP contribution in [-0.4, -0.2) is 18.1 Å². The molecule has 2 aliphatic rings. The summed E-state index contributed by atoms with van der Waals surface area (Å²) in [5.41, 5.74) is 8.53. The van der Waals surface area contributed by atoms with Crippen molar-refractivity contribution < 1.29 is 0 Å². The molecule has 1 heterocycles. The predicted molar refractivity (Wildman–Crippen MR) is 89.7 cm³/mol. The summed E-state index contributed by atoms with van der Waals surface area (Å²) in [6, 6.07) is 5.81. The van der Waals surface area contributed by atoms with Gasteiger partial charge in [-0.15, -0.1) is 0 Å². The van der Waals surface area contributed by atoms with E-state index in [1.807, 2.05) is 18.2 Å². The second kappa shape index (κ2) is 5.53. The molecule has 0 unspecified atom stereocenters. The molecular formula is C16H21ClN2S. The molecular weight excluding hydrogens is 288 g/mol. The van der Waals surface area contributed by atoms with Gasteiger partial charge in [0, 0.05) is 29.4 Å². The van der Waals surface area contributed by atoms with E-state index >= 15 is 0 Å². The lowest BCUT2D eigenvalue weighted by atomic mass is 9.77. The van der Waals surface area contributed by atoms with Gasteiger partial charge in [-0.1, -0.05) is 36.7 Å². The molecule has 0 atom stereocenters. The largest absolute Gasteiger partial charge is 0.389 e. The maximum atomic E-state index is 6.15. The van der Waals surface area contributed by atoms with Crippen molar-refractivity contribution in [3.05, 3.63) is 28.8 Å². The molecule has 3 rings (SSSR count). The smallest absolute Gasteiger partial charge is 0.106 e. The third-order valence-corrected chi connectivity index (χ3v) is 5.51. The van der Waals surface area contributed by atoms with Gasteiger partial charge in [0.1, 0.15) is 4.99 Å². The highest BCUT2D eigenvalue weighted by Crippen LogP contribution is 2.47. The van der Waals surface area contributed by atoms with Gasteiger partial charge in [0.05, 0.1) is 0 Å². The molecule has 0 amide bonds. The number of benzene rings is 1. The highest BCUT2D eigenvalue weighted by molar-refractivity contribution is 7.80. The molecule has 1 aromatic carbocycles. The van der Waals surface area contributed by atoms with E-state index in [1.54, 1.807) is 0 Å². The molecule has 0 aromatic heterocycles. The van der Waals surface area contributed by atoms with Crippen molar-refractivity contribution in [2.75, 3.05) is 18.0 Å². The Morgan fingerprint density at radius 3 is 2.40 bits per heavy atom. The highest BCUT2D eigenvalue weighted by atomic mass is 35.5. The Balaban J connectivity index is 1.80. The first-order valence-electron chi connectivity index (χ1n) is 7.44. The number of thiocarbonyl (C=S) groups is 1. The summed E-state index contributed by atoms with van der Waals surface area (Å²) >= 11 is 11.3. The highest BCUT2D eigenvalue weighted by Gasteiger charge is 2.37. The number of anilines is 1. The second-order valence-corrected chi connectivity index (χ2v) is 7.10. The molecule has 0 bridgehead atoms. The molecule has 2 nitrogen and oxygen atoms in total. The average molecular weight is 309 g/mol. The minimum absolute atomic E-state index is 0.456. The molecule has 108 valence electrons. The molecule has 1 spiro atoms. The quantitative estimate of drug-likeness (QED) is 0.833. The van der Waals surface area contributed by atoms with E-state index in [0.29, 0.717) is 10.4 Å². The molecule has 0 radical (unpaired) electrons. The summed E-state index contributed by atoms with van der Waals surface area (Å²) in [5, 5.41) is 0.751. The van der Waals surface area contributed by atoms with Crippen molar-refractivity contribution in [1.29, 1.82) is 0 Å². The third kappa shape index (κ3) is 2.66. The van der Waals surface area contributed by atoms with Gasteiger partial charge in [0.15, 0.2) is 0 Å². The van der Waals surface area contributed by atoms with E-state index < -0.39 is 0 Å². The van der Waals surface area contributed by atoms with Crippen LogP contribution in [0.2, 0.25) is 5.02 Å². The molecule has 1 aliphatic heterocycles. The summed E-state index contributed by atoms with van der Waals surface area (Å²) in [5.74, 6) is 0. The minimum Gasteiger partial charge on any atom is -0.389 e. The van der Waals surface area contributed by atoms with E-state index in [9.17, 15) is 0 Å². The van der Waals surface area contributed by atoms with Crippen LogP contribution in [0.5, 0.6) is 0 Å². The van der Waals surface area contributed by atoms with Crippen molar-refractivity contribution in [1.82, 2.24) is 0 Å². The van der Waals surface area contributed by atoms with E-state index in [1.165, 1.54) is 38.5 Å². The van der Waals surface area contributed by atoms with Gasteiger partial charge in [-0.2, -0.15) is 0 Å². The first kappa shape index (κ1) is 14.2. The van der Waals surface area contributed by atoms with Crippen LogP contribution < -0.4 is 10.6 Å². The fourth-order valence-corrected chi connectivity index (χ4v) is 4.16. The standard InChI is InChI=1S/C16H21ClN2S/c17-12-3-4-13(15(18)20)14(11-12)19-9-7-16(8-10-19)5-1-2-6-16/h3-4,11H,1-2,5-10H2,(H2,18,20).